The number of unbranched alkanes of at least 4 members (excludes halogenated alkanes) is 1. The fourth-order valence-corrected chi connectivity index (χ4v) is 2.89. The van der Waals surface area contributed by atoms with E-state index < -0.39 is 20.0 Å². The molecule has 2 atom stereocenters. The number of carbonyl (C=O) groups excluding carboxylic acids is 1. The Morgan fingerprint density at radius 3 is 2.17 bits per heavy atom. The average molecular weight is 347 g/mol. The van der Waals surface area contributed by atoms with Gasteiger partial charge < -0.3 is 20.6 Å². The van der Waals surface area contributed by atoms with E-state index in [9.17, 15) is 9.59 Å². The number of nitrogens with two attached hydrogens (primary N) is 1. The van der Waals surface area contributed by atoms with E-state index in [0.29, 0.717) is 0 Å². The van der Waals surface area contributed by atoms with Crippen molar-refractivity contribution in [1.82, 2.24) is 5.32 Å². The van der Waals surface area contributed by atoms with Crippen LogP contribution >= 0.6 is 0 Å². The van der Waals surface area contributed by atoms with Gasteiger partial charge in [0, 0.05) is 12.1 Å². The summed E-state index contributed by atoms with van der Waals surface area (Å²) in [6.45, 7) is 15.7. The van der Waals surface area contributed by atoms with Crippen LogP contribution in [0.15, 0.2) is 0 Å². The minimum Gasteiger partial charge on any atom is -0.444 e. The van der Waals surface area contributed by atoms with Crippen molar-refractivity contribution in [2.45, 2.75) is 103 Å². The summed E-state index contributed by atoms with van der Waals surface area (Å²) in [4.78, 5) is 22.0. The zero-order chi connectivity index (χ0) is 18.5. The lowest BCUT2D eigenvalue weighted by atomic mass is 9.99. The third-order valence-electron chi connectivity index (χ3n) is 4.63. The third-order valence-corrected chi connectivity index (χ3v) is 8.19. The van der Waals surface area contributed by atoms with Crippen molar-refractivity contribution < 1.29 is 14.3 Å². The maximum absolute atomic E-state index is 11.7. The molecule has 138 valence electrons. The standard InChI is InChI=1S/C17H38N2O3Si/c1-13(19-15(20)22-16(2,3)4)14(18)11-9-10-12-17(5,6)23(7,8)21/h13-14,21H,9-12,18H2,1-8H3,(H,19,20)/t13-,14+/m0/s1. The van der Waals surface area contributed by atoms with E-state index in [0.717, 1.165) is 25.7 Å². The van der Waals surface area contributed by atoms with Gasteiger partial charge in [-0.2, -0.15) is 0 Å². The molecule has 0 aromatic heterocycles. The van der Waals surface area contributed by atoms with Gasteiger partial charge in [0.25, 0.3) is 0 Å². The molecule has 0 bridgehead atoms. The molecule has 0 spiro atoms. The lowest BCUT2D eigenvalue weighted by Crippen LogP contribution is -2.47. The van der Waals surface area contributed by atoms with Crippen LogP contribution in [-0.2, 0) is 4.74 Å². The molecule has 0 aliphatic carbocycles. The van der Waals surface area contributed by atoms with Crippen LogP contribution < -0.4 is 11.1 Å². The summed E-state index contributed by atoms with van der Waals surface area (Å²) >= 11 is 0. The van der Waals surface area contributed by atoms with Gasteiger partial charge in [0.15, 0.2) is 8.32 Å². The minimum absolute atomic E-state index is 0.0114. The second kappa shape index (κ2) is 8.49. The first kappa shape index (κ1) is 22.4. The molecule has 0 aliphatic heterocycles. The van der Waals surface area contributed by atoms with Crippen LogP contribution in [0.25, 0.3) is 0 Å². The highest BCUT2D eigenvalue weighted by atomic mass is 28.4. The van der Waals surface area contributed by atoms with E-state index in [2.05, 4.69) is 19.2 Å². The van der Waals surface area contributed by atoms with Crippen LogP contribution in [0.3, 0.4) is 0 Å². The quantitative estimate of drug-likeness (QED) is 0.461. The first-order chi connectivity index (χ1) is 10.2. The number of hydrogen-bond donors (Lipinski definition) is 3. The predicted molar refractivity (Wildman–Crippen MR) is 99.0 cm³/mol. The Hall–Kier alpha value is -0.593. The summed E-state index contributed by atoms with van der Waals surface area (Å²) in [5.74, 6) is 0. The van der Waals surface area contributed by atoms with Gasteiger partial charge in [0.05, 0.1) is 0 Å². The van der Waals surface area contributed by atoms with Crippen molar-refractivity contribution >= 4 is 14.4 Å². The molecule has 0 saturated carbocycles. The molecule has 6 heteroatoms. The molecule has 0 saturated heterocycles. The molecule has 0 radical (unpaired) electrons. The molecule has 1 amide bonds. The molecule has 23 heavy (non-hydrogen) atoms. The first-order valence-corrected chi connectivity index (χ1v) is 11.6. The van der Waals surface area contributed by atoms with Crippen molar-refractivity contribution in [3.8, 4) is 0 Å². The Kier molecular flexibility index (Phi) is 8.27. The molecule has 0 unspecified atom stereocenters. The summed E-state index contributed by atoms with van der Waals surface area (Å²) in [6, 6.07) is -0.216. The van der Waals surface area contributed by atoms with Gasteiger partial charge >= 0.3 is 6.09 Å². The molecule has 0 rings (SSSR count). The SMILES string of the molecule is C[C@H](NC(=O)OC(C)(C)C)[C@H](N)CCCCC(C)(C)[Si](C)(C)O. The Labute approximate surface area is 143 Å². The van der Waals surface area contributed by atoms with Crippen LogP contribution in [0, 0.1) is 0 Å². The van der Waals surface area contributed by atoms with E-state index in [1.807, 2.05) is 40.8 Å². The van der Waals surface area contributed by atoms with Gasteiger partial charge in [-0.25, -0.2) is 4.79 Å². The van der Waals surface area contributed by atoms with Crippen LogP contribution in [0.2, 0.25) is 18.1 Å². The number of ether oxygens (including phenoxy) is 1. The minimum atomic E-state index is -2.13. The number of carbonyl (C=O) groups is 1. The highest BCUT2D eigenvalue weighted by molar-refractivity contribution is 6.72. The predicted octanol–water partition coefficient (Wildman–Crippen LogP) is 3.76. The average Bonchev–Trinajstić information content (AvgIpc) is 2.30. The maximum atomic E-state index is 11.7. The second-order valence-corrected chi connectivity index (χ2v) is 13.3. The molecule has 5 nitrogen and oxygen atoms in total. The van der Waals surface area contributed by atoms with Crippen LogP contribution in [0.1, 0.15) is 67.2 Å². The summed E-state index contributed by atoms with van der Waals surface area (Å²) in [5.41, 5.74) is 5.65. The smallest absolute Gasteiger partial charge is 0.407 e. The van der Waals surface area contributed by atoms with Crippen LogP contribution in [0.5, 0.6) is 0 Å². The number of rotatable bonds is 8. The van der Waals surface area contributed by atoms with Crippen molar-refractivity contribution in [3.05, 3.63) is 0 Å². The highest BCUT2D eigenvalue weighted by Gasteiger charge is 2.37. The molecular weight excluding hydrogens is 308 g/mol. The van der Waals surface area contributed by atoms with Crippen molar-refractivity contribution in [3.63, 3.8) is 0 Å². The zero-order valence-electron chi connectivity index (χ0n) is 16.3. The van der Waals surface area contributed by atoms with Gasteiger partial charge in [-0.3, -0.25) is 0 Å². The number of amides is 1. The van der Waals surface area contributed by atoms with E-state index in [4.69, 9.17) is 10.5 Å². The molecule has 0 fully saturated rings. The van der Waals surface area contributed by atoms with Crippen molar-refractivity contribution in [1.29, 1.82) is 0 Å². The van der Waals surface area contributed by atoms with Crippen molar-refractivity contribution in [2.24, 2.45) is 5.73 Å². The number of hydrogen-bond acceptors (Lipinski definition) is 4. The number of nitrogens with one attached hydrogen (secondary N) is 1. The monoisotopic (exact) mass is 346 g/mol. The Morgan fingerprint density at radius 2 is 1.74 bits per heavy atom. The van der Waals surface area contributed by atoms with Crippen molar-refractivity contribution in [2.75, 3.05) is 0 Å². The summed E-state index contributed by atoms with van der Waals surface area (Å²) in [5, 5.41) is 2.81. The summed E-state index contributed by atoms with van der Waals surface area (Å²) in [6.07, 6.45) is 3.46. The summed E-state index contributed by atoms with van der Waals surface area (Å²) in [7, 11) is -2.13. The topological polar surface area (TPSA) is 84.6 Å². The van der Waals surface area contributed by atoms with E-state index in [-0.39, 0.29) is 17.1 Å². The second-order valence-electron chi connectivity index (χ2n) is 8.79. The molecule has 0 aliphatic rings. The first-order valence-electron chi connectivity index (χ1n) is 8.63. The van der Waals surface area contributed by atoms with E-state index in [1.54, 1.807) is 0 Å². The van der Waals surface area contributed by atoms with Gasteiger partial charge in [-0.1, -0.05) is 26.7 Å². The van der Waals surface area contributed by atoms with Gasteiger partial charge in [-0.15, -0.1) is 0 Å². The Bertz CT molecular complexity index is 373. The normalized spacial score (nSPS) is 15.9. The molecular formula is C17H38N2O3Si. The molecule has 0 aromatic carbocycles. The van der Waals surface area contributed by atoms with Gasteiger partial charge in [0.2, 0.25) is 0 Å². The van der Waals surface area contributed by atoms with E-state index >= 15 is 0 Å². The molecule has 0 aromatic rings. The summed E-state index contributed by atoms with van der Waals surface area (Å²) < 4.78 is 5.24. The van der Waals surface area contributed by atoms with Gasteiger partial charge in [0.1, 0.15) is 5.60 Å². The third kappa shape index (κ3) is 9.32. The molecule has 0 heterocycles. The Balaban J connectivity index is 4.11. The van der Waals surface area contributed by atoms with Crippen LogP contribution in [0.4, 0.5) is 4.79 Å². The number of alkyl carbamates (subject to hydrolysis) is 1. The largest absolute Gasteiger partial charge is 0.444 e. The maximum Gasteiger partial charge on any atom is 0.407 e. The Morgan fingerprint density at radius 1 is 1.22 bits per heavy atom. The molecule has 4 N–H and O–H groups in total. The zero-order valence-corrected chi connectivity index (χ0v) is 17.3. The fourth-order valence-electron chi connectivity index (χ4n) is 2.10. The highest BCUT2D eigenvalue weighted by Crippen LogP contribution is 2.40. The van der Waals surface area contributed by atoms with E-state index in [1.165, 1.54) is 0 Å². The lowest BCUT2D eigenvalue weighted by molar-refractivity contribution is 0.0500. The lowest BCUT2D eigenvalue weighted by Gasteiger charge is -2.35. The van der Waals surface area contributed by atoms with Gasteiger partial charge in [-0.05, 0) is 58.7 Å². The van der Waals surface area contributed by atoms with Crippen LogP contribution in [-0.4, -0.2) is 36.9 Å². The fraction of sp³-hybridized carbons (Fsp3) is 0.941.